The smallest absolute Gasteiger partial charge is 0.0656 e. The number of hydrogen-bond donors (Lipinski definition) is 1. The van der Waals surface area contributed by atoms with Crippen molar-refractivity contribution in [2.24, 2.45) is 0 Å². The van der Waals surface area contributed by atoms with Gasteiger partial charge in [0.1, 0.15) is 0 Å². The molecule has 0 unspecified atom stereocenters. The van der Waals surface area contributed by atoms with E-state index in [-0.39, 0.29) is 0 Å². The van der Waals surface area contributed by atoms with Crippen LogP contribution in [0.2, 0.25) is 0 Å². The van der Waals surface area contributed by atoms with Crippen molar-refractivity contribution >= 4 is 32.4 Å². The van der Waals surface area contributed by atoms with Crippen molar-refractivity contribution in [2.45, 2.75) is 0 Å². The van der Waals surface area contributed by atoms with E-state index in [4.69, 9.17) is 0 Å². The third-order valence-corrected chi connectivity index (χ3v) is 3.35. The second-order valence-electron chi connectivity index (χ2n) is 4.28. The number of benzene rings is 3. The van der Waals surface area contributed by atoms with Crippen molar-refractivity contribution in [3.63, 3.8) is 0 Å². The number of hydrogen-bond acceptors (Lipinski definition) is 1. The molecule has 1 N–H and O–H groups in total. The monoisotopic (exact) mass is 218 g/mol. The molecule has 0 aliphatic heterocycles. The second kappa shape index (κ2) is 3.08. The normalized spacial score (nSPS) is 11.5. The summed E-state index contributed by atoms with van der Waals surface area (Å²) in [5.74, 6) is 0. The van der Waals surface area contributed by atoms with Crippen molar-refractivity contribution in [3.05, 3.63) is 54.7 Å². The largest absolute Gasteiger partial charge is 0.278 e. The molecule has 3 aromatic carbocycles. The highest BCUT2D eigenvalue weighted by molar-refractivity contribution is 6.16. The first-order valence-corrected chi connectivity index (χ1v) is 5.67. The van der Waals surface area contributed by atoms with Gasteiger partial charge in [0.2, 0.25) is 0 Å². The van der Waals surface area contributed by atoms with Crippen molar-refractivity contribution in [2.75, 3.05) is 0 Å². The van der Waals surface area contributed by atoms with E-state index in [0.717, 1.165) is 5.52 Å². The Morgan fingerprint density at radius 2 is 1.53 bits per heavy atom. The zero-order valence-corrected chi connectivity index (χ0v) is 9.14. The first-order chi connectivity index (χ1) is 8.43. The van der Waals surface area contributed by atoms with Crippen LogP contribution in [0.25, 0.3) is 32.4 Å². The van der Waals surface area contributed by atoms with Crippen LogP contribution in [0.3, 0.4) is 0 Å². The van der Waals surface area contributed by atoms with E-state index in [9.17, 15) is 0 Å². The highest BCUT2D eigenvalue weighted by Gasteiger charge is 2.04. The molecule has 1 aromatic heterocycles. The Labute approximate surface area is 97.9 Å². The van der Waals surface area contributed by atoms with Crippen LogP contribution >= 0.6 is 0 Å². The maximum absolute atomic E-state index is 4.11. The average Bonchev–Trinajstić information content (AvgIpc) is 2.86. The lowest BCUT2D eigenvalue weighted by Crippen LogP contribution is -1.78. The van der Waals surface area contributed by atoms with Crippen molar-refractivity contribution in [1.29, 1.82) is 0 Å². The molecule has 2 heteroatoms. The fraction of sp³-hybridized carbons (Fsp3) is 0. The lowest BCUT2D eigenvalue weighted by atomic mass is 10.00. The molecule has 0 saturated heterocycles. The van der Waals surface area contributed by atoms with Crippen LogP contribution in [0.4, 0.5) is 0 Å². The molecule has 4 aromatic rings. The number of fused-ring (bicyclic) bond motifs is 5. The summed E-state index contributed by atoms with van der Waals surface area (Å²) >= 11 is 0. The number of aromatic nitrogens is 2. The van der Waals surface area contributed by atoms with E-state index in [0.29, 0.717) is 0 Å². The molecule has 17 heavy (non-hydrogen) atoms. The molecule has 4 rings (SSSR count). The number of nitrogens with one attached hydrogen (secondary N) is 1. The van der Waals surface area contributed by atoms with Crippen LogP contribution in [0.5, 0.6) is 0 Å². The summed E-state index contributed by atoms with van der Waals surface area (Å²) in [6.07, 6.45) is 1.90. The SMILES string of the molecule is c1ccc2c(c1)ccc1c3cn[nH]c3ccc21. The molecule has 0 bridgehead atoms. The van der Waals surface area contributed by atoms with Gasteiger partial charge in [-0.2, -0.15) is 5.10 Å². The van der Waals surface area contributed by atoms with Gasteiger partial charge in [-0.05, 0) is 27.6 Å². The minimum absolute atomic E-state index is 1.09. The fourth-order valence-corrected chi connectivity index (χ4v) is 2.51. The van der Waals surface area contributed by atoms with Gasteiger partial charge in [0.25, 0.3) is 0 Å². The minimum Gasteiger partial charge on any atom is -0.278 e. The third kappa shape index (κ3) is 1.12. The fourth-order valence-electron chi connectivity index (χ4n) is 2.51. The Morgan fingerprint density at radius 3 is 2.53 bits per heavy atom. The summed E-state index contributed by atoms with van der Waals surface area (Å²) < 4.78 is 0. The molecule has 1 heterocycles. The van der Waals surface area contributed by atoms with Crippen molar-refractivity contribution in [1.82, 2.24) is 10.2 Å². The van der Waals surface area contributed by atoms with E-state index >= 15 is 0 Å². The standard InChI is InChI=1S/C15H10N2/c1-2-4-11-10(3-1)5-6-13-12(11)7-8-15-14(13)9-16-17-15/h1-9H,(H,16,17). The second-order valence-corrected chi connectivity index (χ2v) is 4.28. The zero-order valence-electron chi connectivity index (χ0n) is 9.14. The Hall–Kier alpha value is -2.35. The van der Waals surface area contributed by atoms with Crippen LogP contribution in [0.15, 0.2) is 54.7 Å². The van der Waals surface area contributed by atoms with E-state index in [2.05, 4.69) is 58.7 Å². The molecule has 2 nitrogen and oxygen atoms in total. The molecule has 0 fully saturated rings. The number of aromatic amines is 1. The van der Waals surface area contributed by atoms with Gasteiger partial charge in [0, 0.05) is 5.39 Å². The zero-order chi connectivity index (χ0) is 11.2. The Balaban J connectivity index is 2.34. The number of rotatable bonds is 0. The summed E-state index contributed by atoms with van der Waals surface area (Å²) in [7, 11) is 0. The quantitative estimate of drug-likeness (QED) is 0.446. The van der Waals surface area contributed by atoms with E-state index in [1.165, 1.54) is 26.9 Å². The molecule has 0 saturated carbocycles. The van der Waals surface area contributed by atoms with Crippen LogP contribution in [-0.2, 0) is 0 Å². The topological polar surface area (TPSA) is 28.7 Å². The summed E-state index contributed by atoms with van der Waals surface area (Å²) in [6, 6.07) is 17.1. The Morgan fingerprint density at radius 1 is 0.706 bits per heavy atom. The summed E-state index contributed by atoms with van der Waals surface area (Å²) in [5.41, 5.74) is 1.09. The minimum atomic E-state index is 1.09. The van der Waals surface area contributed by atoms with E-state index in [1.807, 2.05) is 6.20 Å². The molecule has 0 spiro atoms. The number of nitrogens with zero attached hydrogens (tertiary/aromatic N) is 1. The predicted octanol–water partition coefficient (Wildman–Crippen LogP) is 3.87. The van der Waals surface area contributed by atoms with Crippen molar-refractivity contribution < 1.29 is 0 Å². The number of H-pyrrole nitrogens is 1. The predicted molar refractivity (Wildman–Crippen MR) is 71.1 cm³/mol. The first kappa shape index (κ1) is 8.76. The Bertz CT molecular complexity index is 843. The van der Waals surface area contributed by atoms with Gasteiger partial charge in [-0.1, -0.05) is 42.5 Å². The molecular formula is C15H10N2. The molecule has 0 radical (unpaired) electrons. The molecule has 80 valence electrons. The lowest BCUT2D eigenvalue weighted by molar-refractivity contribution is 1.12. The van der Waals surface area contributed by atoms with Crippen LogP contribution < -0.4 is 0 Å². The van der Waals surface area contributed by atoms with Gasteiger partial charge in [-0.25, -0.2) is 0 Å². The molecule has 0 aliphatic rings. The highest BCUT2D eigenvalue weighted by Crippen LogP contribution is 2.29. The van der Waals surface area contributed by atoms with Gasteiger partial charge < -0.3 is 0 Å². The average molecular weight is 218 g/mol. The van der Waals surface area contributed by atoms with Gasteiger partial charge in [-0.15, -0.1) is 0 Å². The van der Waals surface area contributed by atoms with Gasteiger partial charge in [0.05, 0.1) is 11.7 Å². The lowest BCUT2D eigenvalue weighted by Gasteiger charge is -2.04. The summed E-state index contributed by atoms with van der Waals surface area (Å²) in [4.78, 5) is 0. The molecular weight excluding hydrogens is 208 g/mol. The third-order valence-electron chi connectivity index (χ3n) is 3.35. The maximum Gasteiger partial charge on any atom is 0.0656 e. The molecule has 0 aliphatic carbocycles. The molecule has 0 atom stereocenters. The van der Waals surface area contributed by atoms with Gasteiger partial charge in [0.15, 0.2) is 0 Å². The van der Waals surface area contributed by atoms with Crippen LogP contribution in [-0.4, -0.2) is 10.2 Å². The van der Waals surface area contributed by atoms with Gasteiger partial charge in [-0.3, -0.25) is 5.10 Å². The summed E-state index contributed by atoms with van der Waals surface area (Å²) in [6.45, 7) is 0. The van der Waals surface area contributed by atoms with Crippen molar-refractivity contribution in [3.8, 4) is 0 Å². The van der Waals surface area contributed by atoms with E-state index < -0.39 is 0 Å². The van der Waals surface area contributed by atoms with E-state index in [1.54, 1.807) is 0 Å². The highest BCUT2D eigenvalue weighted by atomic mass is 15.1. The Kier molecular flexibility index (Phi) is 1.59. The maximum atomic E-state index is 4.11. The summed E-state index contributed by atoms with van der Waals surface area (Å²) in [5, 5.41) is 13.4. The molecule has 0 amide bonds. The first-order valence-electron chi connectivity index (χ1n) is 5.67. The van der Waals surface area contributed by atoms with Gasteiger partial charge >= 0.3 is 0 Å². The van der Waals surface area contributed by atoms with Crippen LogP contribution in [0.1, 0.15) is 0 Å². The van der Waals surface area contributed by atoms with Crippen LogP contribution in [0, 0.1) is 0 Å².